The molecule has 0 aliphatic rings. The van der Waals surface area contributed by atoms with Crippen molar-refractivity contribution in [1.29, 1.82) is 0 Å². The van der Waals surface area contributed by atoms with Gasteiger partial charge in [0.2, 0.25) is 0 Å². The van der Waals surface area contributed by atoms with E-state index in [-0.39, 0.29) is 5.91 Å². The summed E-state index contributed by atoms with van der Waals surface area (Å²) in [6.45, 7) is 1.95. The van der Waals surface area contributed by atoms with Crippen molar-refractivity contribution in [3.8, 4) is 11.3 Å². The van der Waals surface area contributed by atoms with Crippen LogP contribution in [0.1, 0.15) is 15.9 Å². The fraction of sp³-hybridized carbons (Fsp3) is 0.118. The Hall–Kier alpha value is -3.55. The van der Waals surface area contributed by atoms with Gasteiger partial charge >= 0.3 is 0 Å². The van der Waals surface area contributed by atoms with E-state index in [1.807, 2.05) is 38.2 Å². The number of amides is 1. The van der Waals surface area contributed by atoms with Crippen LogP contribution in [0.15, 0.2) is 48.8 Å². The second-order valence-corrected chi connectivity index (χ2v) is 5.72. The summed E-state index contributed by atoms with van der Waals surface area (Å²) in [6, 6.07) is 11.3. The normalized spacial score (nSPS) is 11.0. The quantitative estimate of drug-likeness (QED) is 0.620. The number of aromatic nitrogens is 6. The van der Waals surface area contributed by atoms with Crippen LogP contribution >= 0.6 is 0 Å². The fourth-order valence-electron chi connectivity index (χ4n) is 2.64. The largest absolute Gasteiger partial charge is 0.322 e. The Morgan fingerprint density at radius 3 is 2.84 bits per heavy atom. The molecule has 0 atom stereocenters. The average Bonchev–Trinajstić information content (AvgIpc) is 3.24. The lowest BCUT2D eigenvalue weighted by atomic mass is 10.1. The second-order valence-electron chi connectivity index (χ2n) is 5.72. The summed E-state index contributed by atoms with van der Waals surface area (Å²) in [5, 5.41) is 18.3. The third-order valence-corrected chi connectivity index (χ3v) is 4.06. The van der Waals surface area contributed by atoms with E-state index in [9.17, 15) is 4.79 Å². The highest BCUT2D eigenvalue weighted by molar-refractivity contribution is 6.04. The zero-order chi connectivity index (χ0) is 17.4. The highest BCUT2D eigenvalue weighted by Gasteiger charge is 2.11. The Labute approximate surface area is 143 Å². The van der Waals surface area contributed by atoms with Crippen molar-refractivity contribution in [3.63, 3.8) is 0 Å². The summed E-state index contributed by atoms with van der Waals surface area (Å²) >= 11 is 0. The number of nitrogens with one attached hydrogen (secondary N) is 1. The Bertz CT molecular complexity index is 1080. The summed E-state index contributed by atoms with van der Waals surface area (Å²) in [5.41, 5.74) is 4.75. The fourth-order valence-corrected chi connectivity index (χ4v) is 2.64. The van der Waals surface area contributed by atoms with Crippen molar-refractivity contribution < 1.29 is 4.79 Å². The summed E-state index contributed by atoms with van der Waals surface area (Å²) in [5.74, 6) is -0.220. The molecule has 124 valence electrons. The molecule has 0 bridgehead atoms. The number of rotatable bonds is 3. The summed E-state index contributed by atoms with van der Waals surface area (Å²) < 4.78 is 3.26. The lowest BCUT2D eigenvalue weighted by Gasteiger charge is -2.11. The molecule has 4 rings (SSSR count). The van der Waals surface area contributed by atoms with E-state index >= 15 is 0 Å². The molecule has 0 radical (unpaired) electrons. The number of carbonyl (C=O) groups is 1. The number of pyridine rings is 1. The van der Waals surface area contributed by atoms with Gasteiger partial charge < -0.3 is 5.32 Å². The average molecular weight is 333 g/mol. The van der Waals surface area contributed by atoms with Gasteiger partial charge in [-0.1, -0.05) is 12.1 Å². The summed E-state index contributed by atoms with van der Waals surface area (Å²) in [7, 11) is 1.88. The van der Waals surface area contributed by atoms with E-state index in [0.29, 0.717) is 11.2 Å². The predicted octanol–water partition coefficient (Wildman–Crippen LogP) is 2.09. The zero-order valence-electron chi connectivity index (χ0n) is 13.7. The molecule has 25 heavy (non-hydrogen) atoms. The third kappa shape index (κ3) is 2.74. The topological polar surface area (TPSA) is 90.0 Å². The number of aryl methyl sites for hydroxylation is 2. The van der Waals surface area contributed by atoms with Crippen LogP contribution in [0.25, 0.3) is 16.9 Å². The molecule has 0 saturated heterocycles. The summed E-state index contributed by atoms with van der Waals surface area (Å²) in [4.78, 5) is 12.6. The van der Waals surface area contributed by atoms with E-state index in [4.69, 9.17) is 0 Å². The van der Waals surface area contributed by atoms with Gasteiger partial charge in [0.25, 0.3) is 5.91 Å². The van der Waals surface area contributed by atoms with Gasteiger partial charge in [0, 0.05) is 30.7 Å². The summed E-state index contributed by atoms with van der Waals surface area (Å²) in [6.07, 6.45) is 3.35. The van der Waals surface area contributed by atoms with Gasteiger partial charge in [-0.2, -0.15) is 9.61 Å². The molecule has 1 aromatic carbocycles. The van der Waals surface area contributed by atoms with Gasteiger partial charge in [-0.05, 0) is 47.2 Å². The van der Waals surface area contributed by atoms with E-state index in [0.717, 1.165) is 22.5 Å². The van der Waals surface area contributed by atoms with Crippen molar-refractivity contribution >= 4 is 17.2 Å². The number of hydrogen-bond donors (Lipinski definition) is 1. The molecule has 0 unspecified atom stereocenters. The van der Waals surface area contributed by atoms with Crippen LogP contribution < -0.4 is 5.32 Å². The zero-order valence-corrected chi connectivity index (χ0v) is 13.7. The molecule has 0 fully saturated rings. The van der Waals surface area contributed by atoms with Crippen LogP contribution in [-0.2, 0) is 7.05 Å². The van der Waals surface area contributed by atoms with Gasteiger partial charge in [0.1, 0.15) is 0 Å². The van der Waals surface area contributed by atoms with Gasteiger partial charge in [-0.25, -0.2) is 0 Å². The molecule has 1 N–H and O–H groups in total. The van der Waals surface area contributed by atoms with Crippen LogP contribution in [0, 0.1) is 6.92 Å². The Balaban J connectivity index is 1.65. The Morgan fingerprint density at radius 1 is 1.16 bits per heavy atom. The van der Waals surface area contributed by atoms with Crippen LogP contribution in [-0.4, -0.2) is 35.7 Å². The van der Waals surface area contributed by atoms with Crippen LogP contribution in [0.2, 0.25) is 0 Å². The van der Waals surface area contributed by atoms with Gasteiger partial charge in [0.05, 0.1) is 11.3 Å². The number of anilines is 1. The maximum Gasteiger partial charge on any atom is 0.257 e. The van der Waals surface area contributed by atoms with E-state index in [1.165, 1.54) is 4.52 Å². The standard InChI is InChI=1S/C17H15N7O/c1-11-3-4-12(15-7-8-18-23(15)2)9-14(11)19-17(25)13-5-6-16-20-21-22-24(16)10-13/h3-10H,1-2H3,(H,19,25). The smallest absolute Gasteiger partial charge is 0.257 e. The lowest BCUT2D eigenvalue weighted by Crippen LogP contribution is -2.13. The first-order valence-electron chi connectivity index (χ1n) is 7.70. The minimum Gasteiger partial charge on any atom is -0.322 e. The van der Waals surface area contributed by atoms with E-state index in [1.54, 1.807) is 29.2 Å². The Morgan fingerprint density at radius 2 is 2.04 bits per heavy atom. The molecule has 0 spiro atoms. The molecule has 0 saturated carbocycles. The lowest BCUT2D eigenvalue weighted by molar-refractivity contribution is 0.102. The third-order valence-electron chi connectivity index (χ3n) is 4.06. The van der Waals surface area contributed by atoms with Crippen molar-refractivity contribution in [2.24, 2.45) is 7.05 Å². The van der Waals surface area contributed by atoms with Crippen molar-refractivity contribution in [1.82, 2.24) is 29.8 Å². The maximum absolute atomic E-state index is 12.6. The SMILES string of the molecule is Cc1ccc(-c2ccnn2C)cc1NC(=O)c1ccc2nnnn2c1. The van der Waals surface area contributed by atoms with Gasteiger partial charge in [0.15, 0.2) is 5.65 Å². The predicted molar refractivity (Wildman–Crippen MR) is 92.1 cm³/mol. The molecule has 3 heterocycles. The first-order valence-corrected chi connectivity index (χ1v) is 7.70. The number of benzene rings is 1. The van der Waals surface area contributed by atoms with Crippen LogP contribution in [0.3, 0.4) is 0 Å². The van der Waals surface area contributed by atoms with Crippen molar-refractivity contribution in [3.05, 3.63) is 59.9 Å². The van der Waals surface area contributed by atoms with Crippen molar-refractivity contribution in [2.45, 2.75) is 6.92 Å². The van der Waals surface area contributed by atoms with Gasteiger partial charge in [-0.15, -0.1) is 5.10 Å². The molecule has 0 aliphatic heterocycles. The highest BCUT2D eigenvalue weighted by Crippen LogP contribution is 2.25. The van der Waals surface area contributed by atoms with E-state index in [2.05, 4.69) is 25.9 Å². The molecule has 0 aliphatic carbocycles. The van der Waals surface area contributed by atoms with Crippen molar-refractivity contribution in [2.75, 3.05) is 5.32 Å². The number of carbonyl (C=O) groups excluding carboxylic acids is 1. The van der Waals surface area contributed by atoms with Crippen LogP contribution in [0.5, 0.6) is 0 Å². The highest BCUT2D eigenvalue weighted by atomic mass is 16.1. The first-order chi connectivity index (χ1) is 12.1. The minimum atomic E-state index is -0.220. The number of hydrogen-bond acceptors (Lipinski definition) is 5. The molecule has 8 heteroatoms. The number of nitrogens with zero attached hydrogens (tertiary/aromatic N) is 6. The van der Waals surface area contributed by atoms with E-state index < -0.39 is 0 Å². The minimum absolute atomic E-state index is 0.220. The molecule has 8 nitrogen and oxygen atoms in total. The maximum atomic E-state index is 12.6. The number of fused-ring (bicyclic) bond motifs is 1. The molecular weight excluding hydrogens is 318 g/mol. The first kappa shape index (κ1) is 15.0. The molecule has 4 aromatic rings. The molecular formula is C17H15N7O. The monoisotopic (exact) mass is 333 g/mol. The number of tetrazole rings is 1. The molecule has 1 amide bonds. The van der Waals surface area contributed by atoms with Gasteiger partial charge in [-0.3, -0.25) is 9.48 Å². The van der Waals surface area contributed by atoms with Crippen LogP contribution in [0.4, 0.5) is 5.69 Å². The molecule has 3 aromatic heterocycles. The Kier molecular flexibility index (Phi) is 3.50. The second kappa shape index (κ2) is 5.82.